The second kappa shape index (κ2) is 13.3. The molecule has 7 nitrogen and oxygen atoms in total. The topological polar surface area (TPSA) is 85.8 Å². The second-order valence-electron chi connectivity index (χ2n) is 6.38. The van der Waals surface area contributed by atoms with Crippen LogP contribution in [0, 0.1) is 0 Å². The summed E-state index contributed by atoms with van der Waals surface area (Å²) in [5.74, 6) is 0.649. The first-order valence-electron chi connectivity index (χ1n) is 8.91. The van der Waals surface area contributed by atoms with Gasteiger partial charge in [-0.25, -0.2) is 0 Å². The molecular weight excluding hydrogens is 457 g/mol. The number of carbonyl (C=O) groups excluding carboxylic acids is 2. The Morgan fingerprint density at radius 3 is 2.30 bits per heavy atom. The highest BCUT2D eigenvalue weighted by Crippen LogP contribution is 2.06. The van der Waals surface area contributed by atoms with Gasteiger partial charge in [-0.3, -0.25) is 14.6 Å². The molecule has 1 aromatic carbocycles. The van der Waals surface area contributed by atoms with Gasteiger partial charge in [0.1, 0.15) is 0 Å². The fourth-order valence-corrected chi connectivity index (χ4v) is 2.17. The van der Waals surface area contributed by atoms with Gasteiger partial charge in [-0.05, 0) is 31.0 Å². The molecule has 3 N–H and O–H groups in total. The van der Waals surface area contributed by atoms with Crippen molar-refractivity contribution in [3.05, 3.63) is 35.4 Å². The maximum Gasteiger partial charge on any atom is 0.253 e. The van der Waals surface area contributed by atoms with Crippen molar-refractivity contribution in [3.8, 4) is 0 Å². The Kier molecular flexibility index (Phi) is 12.4. The third-order valence-corrected chi connectivity index (χ3v) is 3.95. The van der Waals surface area contributed by atoms with Crippen LogP contribution in [-0.2, 0) is 11.3 Å². The van der Waals surface area contributed by atoms with Gasteiger partial charge < -0.3 is 20.9 Å². The predicted molar refractivity (Wildman–Crippen MR) is 121 cm³/mol. The molecule has 0 heterocycles. The summed E-state index contributed by atoms with van der Waals surface area (Å²) < 4.78 is 0. The number of aliphatic imine (C=N–C) groups is 1. The number of guanidine groups is 1. The minimum atomic E-state index is -0.0161. The molecule has 152 valence electrons. The average Bonchev–Trinajstić information content (AvgIpc) is 2.64. The van der Waals surface area contributed by atoms with Crippen LogP contribution >= 0.6 is 24.0 Å². The van der Waals surface area contributed by atoms with Crippen LogP contribution in [0.1, 0.15) is 42.6 Å². The fourth-order valence-electron chi connectivity index (χ4n) is 2.17. The van der Waals surface area contributed by atoms with Crippen LogP contribution in [0.3, 0.4) is 0 Å². The van der Waals surface area contributed by atoms with E-state index < -0.39 is 0 Å². The third-order valence-electron chi connectivity index (χ3n) is 3.95. The molecule has 0 aliphatic rings. The fraction of sp³-hybridized carbons (Fsp3) is 0.526. The lowest BCUT2D eigenvalue weighted by molar-refractivity contribution is -0.121. The van der Waals surface area contributed by atoms with Crippen LogP contribution in [0.4, 0.5) is 0 Å². The molecule has 0 saturated carbocycles. The van der Waals surface area contributed by atoms with Gasteiger partial charge in [0.15, 0.2) is 5.96 Å². The molecule has 0 radical (unpaired) electrons. The normalized spacial score (nSPS) is 11.8. The number of amides is 2. The molecule has 1 unspecified atom stereocenters. The van der Waals surface area contributed by atoms with Crippen molar-refractivity contribution in [2.24, 2.45) is 4.99 Å². The van der Waals surface area contributed by atoms with E-state index in [-0.39, 0.29) is 41.8 Å². The number of hydrogen-bond donors (Lipinski definition) is 3. The average molecular weight is 489 g/mol. The summed E-state index contributed by atoms with van der Waals surface area (Å²) in [5.41, 5.74) is 1.70. The largest absolute Gasteiger partial charge is 0.356 e. The molecule has 0 fully saturated rings. The second-order valence-corrected chi connectivity index (χ2v) is 6.38. The summed E-state index contributed by atoms with van der Waals surface area (Å²) in [6.45, 7) is 5.12. The highest BCUT2D eigenvalue weighted by Gasteiger charge is 2.08. The Bertz CT molecular complexity index is 617. The summed E-state index contributed by atoms with van der Waals surface area (Å²) in [7, 11) is 5.15. The van der Waals surface area contributed by atoms with Gasteiger partial charge in [0.25, 0.3) is 5.91 Å². The maximum atomic E-state index is 11.9. The third kappa shape index (κ3) is 9.60. The molecular formula is C19H32IN5O2. The number of carbonyl (C=O) groups is 2. The molecule has 0 aliphatic heterocycles. The van der Waals surface area contributed by atoms with E-state index in [0.29, 0.717) is 31.0 Å². The van der Waals surface area contributed by atoms with E-state index in [0.717, 1.165) is 12.0 Å². The van der Waals surface area contributed by atoms with Crippen molar-refractivity contribution in [2.45, 2.75) is 39.3 Å². The molecule has 0 aromatic heterocycles. The van der Waals surface area contributed by atoms with E-state index in [1.54, 1.807) is 26.0 Å². The first-order chi connectivity index (χ1) is 12.4. The zero-order chi connectivity index (χ0) is 19.5. The Morgan fingerprint density at radius 2 is 1.78 bits per heavy atom. The Balaban J connectivity index is 0.00000676. The lowest BCUT2D eigenvalue weighted by Crippen LogP contribution is -2.40. The van der Waals surface area contributed by atoms with Crippen molar-refractivity contribution in [3.63, 3.8) is 0 Å². The zero-order valence-electron chi connectivity index (χ0n) is 16.8. The zero-order valence-corrected chi connectivity index (χ0v) is 19.2. The minimum absolute atomic E-state index is 0. The van der Waals surface area contributed by atoms with E-state index in [2.05, 4.69) is 20.9 Å². The number of hydrogen-bond acceptors (Lipinski definition) is 3. The molecule has 1 aromatic rings. The van der Waals surface area contributed by atoms with E-state index in [1.807, 2.05) is 38.1 Å². The summed E-state index contributed by atoms with van der Waals surface area (Å²) >= 11 is 0. The van der Waals surface area contributed by atoms with Crippen LogP contribution in [0.5, 0.6) is 0 Å². The first kappa shape index (κ1) is 25.2. The van der Waals surface area contributed by atoms with E-state index in [1.165, 1.54) is 0 Å². The Labute approximate surface area is 179 Å². The van der Waals surface area contributed by atoms with E-state index >= 15 is 0 Å². The van der Waals surface area contributed by atoms with E-state index in [4.69, 9.17) is 0 Å². The Hall–Kier alpha value is -1.84. The lowest BCUT2D eigenvalue weighted by Gasteiger charge is -2.14. The number of nitrogens with zero attached hydrogens (tertiary/aromatic N) is 2. The maximum absolute atomic E-state index is 11.9. The molecule has 27 heavy (non-hydrogen) atoms. The van der Waals surface area contributed by atoms with Crippen molar-refractivity contribution in [1.29, 1.82) is 0 Å². The van der Waals surface area contributed by atoms with E-state index in [9.17, 15) is 9.59 Å². The number of halogens is 1. The van der Waals surface area contributed by atoms with Crippen molar-refractivity contribution in [1.82, 2.24) is 20.9 Å². The first-order valence-corrected chi connectivity index (χ1v) is 8.91. The SMILES string of the molecule is CCC(C)NC(=O)CCNC(=NC)NCc1ccc(C(=O)N(C)C)cc1.I. The molecule has 1 atom stereocenters. The monoisotopic (exact) mass is 489 g/mol. The molecule has 1 rings (SSSR count). The van der Waals surface area contributed by atoms with Crippen molar-refractivity contribution in [2.75, 3.05) is 27.7 Å². The van der Waals surface area contributed by atoms with Crippen LogP contribution in [0.2, 0.25) is 0 Å². The van der Waals surface area contributed by atoms with Crippen molar-refractivity contribution >= 4 is 41.8 Å². The minimum Gasteiger partial charge on any atom is -0.356 e. The van der Waals surface area contributed by atoms with Crippen LogP contribution in [0.25, 0.3) is 0 Å². The molecule has 0 saturated heterocycles. The molecule has 8 heteroatoms. The van der Waals surface area contributed by atoms with Gasteiger partial charge in [0, 0.05) is 52.3 Å². The van der Waals surface area contributed by atoms with Crippen molar-refractivity contribution < 1.29 is 9.59 Å². The molecule has 0 aliphatic carbocycles. The standard InChI is InChI=1S/C19H31N5O2.HI/c1-6-14(2)23-17(25)11-12-21-19(20-3)22-13-15-7-9-16(10-8-15)18(26)24(4)5;/h7-10,14H,6,11-13H2,1-5H3,(H,23,25)(H2,20,21,22);1H. The van der Waals surface area contributed by atoms with Crippen LogP contribution in [-0.4, -0.2) is 56.4 Å². The lowest BCUT2D eigenvalue weighted by atomic mass is 10.1. The summed E-state index contributed by atoms with van der Waals surface area (Å²) in [6, 6.07) is 7.65. The summed E-state index contributed by atoms with van der Waals surface area (Å²) in [6.07, 6.45) is 1.31. The van der Waals surface area contributed by atoms with Gasteiger partial charge in [-0.2, -0.15) is 0 Å². The quantitative estimate of drug-likeness (QED) is 0.296. The van der Waals surface area contributed by atoms with Gasteiger partial charge in [-0.15, -0.1) is 24.0 Å². The molecule has 0 bridgehead atoms. The number of nitrogens with one attached hydrogen (secondary N) is 3. The summed E-state index contributed by atoms with van der Waals surface area (Å²) in [4.78, 5) is 29.3. The predicted octanol–water partition coefficient (Wildman–Crippen LogP) is 1.98. The van der Waals surface area contributed by atoms with Gasteiger partial charge in [0.2, 0.25) is 5.91 Å². The van der Waals surface area contributed by atoms with Crippen LogP contribution < -0.4 is 16.0 Å². The summed E-state index contributed by atoms with van der Waals surface area (Å²) in [5, 5.41) is 9.25. The Morgan fingerprint density at radius 1 is 1.15 bits per heavy atom. The van der Waals surface area contributed by atoms with Gasteiger partial charge >= 0.3 is 0 Å². The highest BCUT2D eigenvalue weighted by molar-refractivity contribution is 14.0. The highest BCUT2D eigenvalue weighted by atomic mass is 127. The number of rotatable bonds is 8. The van der Waals surface area contributed by atoms with Gasteiger partial charge in [-0.1, -0.05) is 19.1 Å². The number of benzene rings is 1. The smallest absolute Gasteiger partial charge is 0.253 e. The van der Waals surface area contributed by atoms with Gasteiger partial charge in [0.05, 0.1) is 0 Å². The molecule has 2 amide bonds. The van der Waals surface area contributed by atoms with Crippen LogP contribution in [0.15, 0.2) is 29.3 Å². The molecule has 0 spiro atoms.